The number of nitrogens with zero attached hydrogens (tertiary/aromatic N) is 1. The maximum Gasteiger partial charge on any atom is 0.319 e. The maximum absolute atomic E-state index is 13.1. The Morgan fingerprint density at radius 3 is 2.51 bits per heavy atom. The summed E-state index contributed by atoms with van der Waals surface area (Å²) in [6.07, 6.45) is 0. The molecule has 12 nitrogen and oxygen atoms in total. The van der Waals surface area contributed by atoms with Gasteiger partial charge in [-0.1, -0.05) is 24.3 Å². The molecule has 0 aliphatic carbocycles. The van der Waals surface area contributed by atoms with E-state index in [1.54, 1.807) is 35.7 Å². The topological polar surface area (TPSA) is 180 Å². The number of amides is 2. The lowest BCUT2D eigenvalue weighted by atomic mass is 10.1. The minimum atomic E-state index is -3.98. The lowest BCUT2D eigenvalue weighted by Gasteiger charge is -2.13. The number of nitro groups is 1. The Morgan fingerprint density at radius 1 is 0.949 bits per heavy atom. The van der Waals surface area contributed by atoms with Gasteiger partial charge in [0.25, 0.3) is 15.7 Å². The normalized spacial score (nSPS) is 11.1. The van der Waals surface area contributed by atoms with Gasteiger partial charge in [-0.15, -0.1) is 11.3 Å². The number of rotatable bonds is 10. The molecule has 0 saturated carbocycles. The van der Waals surface area contributed by atoms with Crippen LogP contribution < -0.4 is 20.1 Å². The quantitative estimate of drug-likeness (QED) is 0.0792. The van der Waals surface area contributed by atoms with Crippen LogP contribution in [0.15, 0.2) is 82.4 Å². The van der Waals surface area contributed by atoms with Gasteiger partial charge in [-0.25, -0.2) is 17.9 Å². The van der Waals surface area contributed by atoms with Crippen molar-refractivity contribution in [3.05, 3.63) is 88.3 Å². The van der Waals surface area contributed by atoms with Crippen LogP contribution in [0, 0.1) is 10.1 Å². The Labute approximate surface area is 226 Å². The Kier molecular flexibility index (Phi) is 8.29. The molecule has 0 aliphatic heterocycles. The number of phenolic OH excluding ortho intramolecular Hbond substituents is 2. The number of thiophene rings is 1. The van der Waals surface area contributed by atoms with Crippen molar-refractivity contribution in [2.45, 2.75) is 4.21 Å². The van der Waals surface area contributed by atoms with Crippen molar-refractivity contribution < 1.29 is 33.1 Å². The number of hydrogen-bond donors (Lipinski definition) is 5. The first-order chi connectivity index (χ1) is 18.6. The van der Waals surface area contributed by atoms with Gasteiger partial charge in [-0.3, -0.25) is 10.1 Å². The van der Waals surface area contributed by atoms with Crippen LogP contribution in [-0.4, -0.2) is 42.7 Å². The smallest absolute Gasteiger partial charge is 0.319 e. The summed E-state index contributed by atoms with van der Waals surface area (Å²) in [6, 6.07) is 17.1. The zero-order valence-corrected chi connectivity index (χ0v) is 21.7. The monoisotopic (exact) mass is 570 g/mol. The molecule has 4 aromatic rings. The molecule has 1 aromatic heterocycles. The van der Waals surface area contributed by atoms with E-state index in [2.05, 4.69) is 15.4 Å². The van der Waals surface area contributed by atoms with Crippen LogP contribution in [0.25, 0.3) is 11.1 Å². The average Bonchev–Trinajstić information content (AvgIpc) is 3.40. The van der Waals surface area contributed by atoms with Crippen molar-refractivity contribution in [2.24, 2.45) is 0 Å². The number of aromatic hydroxyl groups is 2. The highest BCUT2D eigenvalue weighted by Crippen LogP contribution is 2.40. The molecule has 4 rings (SSSR count). The summed E-state index contributed by atoms with van der Waals surface area (Å²) in [4.78, 5) is 22.4. The molecule has 14 heteroatoms. The van der Waals surface area contributed by atoms with Crippen LogP contribution in [0.2, 0.25) is 0 Å². The fourth-order valence-corrected chi connectivity index (χ4v) is 5.93. The first-order valence-corrected chi connectivity index (χ1v) is 13.7. The van der Waals surface area contributed by atoms with E-state index in [0.717, 1.165) is 11.3 Å². The van der Waals surface area contributed by atoms with Gasteiger partial charge in [-0.2, -0.15) is 0 Å². The molecule has 2 amide bonds. The molecule has 5 N–H and O–H groups in total. The van der Waals surface area contributed by atoms with Gasteiger partial charge in [0, 0.05) is 48.1 Å². The molecule has 202 valence electrons. The number of carbonyl (C=O) groups excluding carboxylic acids is 1. The number of carbonyl (C=O) groups is 1. The summed E-state index contributed by atoms with van der Waals surface area (Å²) in [6.45, 7) is -0.169. The Bertz CT molecular complexity index is 1620. The largest absolute Gasteiger partial charge is 0.504 e. The minimum absolute atomic E-state index is 0.0353. The first kappa shape index (κ1) is 27.4. The van der Waals surface area contributed by atoms with Crippen LogP contribution in [0.1, 0.15) is 0 Å². The number of para-hydroxylation sites is 1. The Balaban J connectivity index is 1.40. The van der Waals surface area contributed by atoms with E-state index < -0.39 is 21.0 Å². The van der Waals surface area contributed by atoms with Gasteiger partial charge >= 0.3 is 6.03 Å². The second kappa shape index (κ2) is 11.8. The number of urea groups is 1. The summed E-state index contributed by atoms with van der Waals surface area (Å²) in [5.41, 5.74) is 0.915. The van der Waals surface area contributed by atoms with Gasteiger partial charge in [-0.05, 0) is 35.7 Å². The molecule has 0 radical (unpaired) electrons. The van der Waals surface area contributed by atoms with Gasteiger partial charge in [0.1, 0.15) is 15.7 Å². The number of phenols is 2. The van der Waals surface area contributed by atoms with Crippen LogP contribution in [0.4, 0.5) is 16.2 Å². The first-order valence-electron chi connectivity index (χ1n) is 11.3. The summed E-state index contributed by atoms with van der Waals surface area (Å²) in [7, 11) is -3.98. The average molecular weight is 571 g/mol. The van der Waals surface area contributed by atoms with Crippen molar-refractivity contribution >= 4 is 38.8 Å². The van der Waals surface area contributed by atoms with Crippen LogP contribution in [-0.2, 0) is 10.0 Å². The van der Waals surface area contributed by atoms with Crippen molar-refractivity contribution in [1.29, 1.82) is 0 Å². The predicted octanol–water partition coefficient (Wildman–Crippen LogP) is 4.63. The SMILES string of the molecule is O=C(NCCNS(=O)(=O)c1sccc1-c1ccccc1Oc1ccc(O)c(O)c1)Nc1cccc([N+](=O)[O-])c1. The van der Waals surface area contributed by atoms with E-state index in [9.17, 15) is 33.5 Å². The zero-order chi connectivity index (χ0) is 28.0. The van der Waals surface area contributed by atoms with E-state index in [1.807, 2.05) is 0 Å². The predicted molar refractivity (Wildman–Crippen MR) is 145 cm³/mol. The molecule has 39 heavy (non-hydrogen) atoms. The fourth-order valence-electron chi connectivity index (χ4n) is 3.47. The molecule has 0 atom stereocenters. The summed E-state index contributed by atoms with van der Waals surface area (Å²) < 4.78 is 34.5. The molecule has 0 spiro atoms. The number of anilines is 1. The molecular formula is C25H22N4O8S2. The Hall–Kier alpha value is -4.66. The zero-order valence-electron chi connectivity index (χ0n) is 20.0. The maximum atomic E-state index is 13.1. The number of nitro benzene ring substituents is 1. The Morgan fingerprint density at radius 2 is 1.74 bits per heavy atom. The highest BCUT2D eigenvalue weighted by molar-refractivity contribution is 7.91. The minimum Gasteiger partial charge on any atom is -0.504 e. The number of non-ortho nitro benzene ring substituents is 1. The molecule has 0 unspecified atom stereocenters. The second-order valence-corrected chi connectivity index (χ2v) is 10.8. The lowest BCUT2D eigenvalue weighted by molar-refractivity contribution is -0.384. The van der Waals surface area contributed by atoms with Crippen molar-refractivity contribution in [2.75, 3.05) is 18.4 Å². The third-order valence-electron chi connectivity index (χ3n) is 5.24. The molecule has 0 fully saturated rings. The van der Waals surface area contributed by atoms with E-state index in [-0.39, 0.29) is 45.9 Å². The van der Waals surface area contributed by atoms with Crippen molar-refractivity contribution in [3.8, 4) is 34.1 Å². The molecule has 3 aromatic carbocycles. The number of nitrogens with one attached hydrogen (secondary N) is 3. The van der Waals surface area contributed by atoms with Gasteiger partial charge in [0.15, 0.2) is 11.5 Å². The number of sulfonamides is 1. The van der Waals surface area contributed by atoms with Crippen LogP contribution >= 0.6 is 11.3 Å². The molecule has 0 aliphatic rings. The third kappa shape index (κ3) is 6.81. The highest BCUT2D eigenvalue weighted by atomic mass is 32.2. The van der Waals surface area contributed by atoms with Crippen molar-refractivity contribution in [3.63, 3.8) is 0 Å². The standard InChI is InChI=1S/C25H22N4O8S2/c30-21-9-8-18(15-22(21)31)37-23-7-2-1-6-19(23)20-10-13-38-24(20)39(35,36)27-12-11-26-25(32)28-16-4-3-5-17(14-16)29(33)34/h1-10,13-15,27,30-31H,11-12H2,(H2,26,28,32). The number of ether oxygens (including phenoxy) is 1. The van der Waals surface area contributed by atoms with Gasteiger partial charge in [0.2, 0.25) is 0 Å². The number of benzene rings is 3. The van der Waals surface area contributed by atoms with Crippen LogP contribution in [0.3, 0.4) is 0 Å². The van der Waals surface area contributed by atoms with Crippen molar-refractivity contribution in [1.82, 2.24) is 10.0 Å². The van der Waals surface area contributed by atoms with E-state index in [1.165, 1.54) is 42.5 Å². The lowest BCUT2D eigenvalue weighted by Crippen LogP contribution is -2.36. The highest BCUT2D eigenvalue weighted by Gasteiger charge is 2.23. The second-order valence-electron chi connectivity index (χ2n) is 7.96. The van der Waals surface area contributed by atoms with E-state index in [0.29, 0.717) is 16.9 Å². The van der Waals surface area contributed by atoms with E-state index >= 15 is 0 Å². The van der Waals surface area contributed by atoms with Gasteiger partial charge in [0.05, 0.1) is 4.92 Å². The fraction of sp³-hybridized carbons (Fsp3) is 0.0800. The van der Waals surface area contributed by atoms with Gasteiger partial charge < -0.3 is 25.6 Å². The van der Waals surface area contributed by atoms with E-state index in [4.69, 9.17) is 4.74 Å². The molecule has 0 saturated heterocycles. The number of hydrogen-bond acceptors (Lipinski definition) is 9. The molecular weight excluding hydrogens is 548 g/mol. The summed E-state index contributed by atoms with van der Waals surface area (Å²) in [5, 5.41) is 36.7. The van der Waals surface area contributed by atoms with Crippen LogP contribution in [0.5, 0.6) is 23.0 Å². The summed E-state index contributed by atoms with van der Waals surface area (Å²) in [5.74, 6) is -0.0915. The third-order valence-corrected chi connectivity index (χ3v) is 8.19. The molecule has 0 bridgehead atoms. The summed E-state index contributed by atoms with van der Waals surface area (Å²) >= 11 is 1.01. The molecule has 1 heterocycles.